The predicted octanol–water partition coefficient (Wildman–Crippen LogP) is 6.17. The van der Waals surface area contributed by atoms with E-state index in [0.717, 1.165) is 32.1 Å². The standard InChI is InChI=1S/C37H60O7/c1-21(38)43-28-14-17-36(7)23-10-12-27-35(6,19-22(23)9-11-25(36)33(28,2)3)16-13-26-34(4,5)29(15-18-37(26,27)8)44-32-31(41)30(40)24(39)20-42-32/h9,23-32,39-41H,10-20H2,1-8H3/t23-,24+,25-,26-,27-,28-,29-,30+,31-,32+,35-,36+,37-/m0/s1. The molecule has 5 aliphatic carbocycles. The van der Waals surface area contributed by atoms with Gasteiger partial charge in [0, 0.05) is 12.3 Å². The molecule has 0 aromatic carbocycles. The number of allylic oxidation sites excluding steroid dienone is 2. The van der Waals surface area contributed by atoms with E-state index in [9.17, 15) is 20.1 Å². The van der Waals surface area contributed by atoms with Gasteiger partial charge in [-0.3, -0.25) is 4.79 Å². The summed E-state index contributed by atoms with van der Waals surface area (Å²) < 4.78 is 18.1. The average Bonchev–Trinajstić information content (AvgIpc) is 3.09. The van der Waals surface area contributed by atoms with Gasteiger partial charge in [-0.2, -0.15) is 0 Å². The molecule has 0 bridgehead atoms. The maximum absolute atomic E-state index is 12.0. The largest absolute Gasteiger partial charge is 0.462 e. The van der Waals surface area contributed by atoms with Gasteiger partial charge in [-0.25, -0.2) is 0 Å². The summed E-state index contributed by atoms with van der Waals surface area (Å²) in [5.74, 6) is 2.04. The van der Waals surface area contributed by atoms with Crippen LogP contribution in [0.2, 0.25) is 0 Å². The Morgan fingerprint density at radius 2 is 1.45 bits per heavy atom. The van der Waals surface area contributed by atoms with Gasteiger partial charge in [0.25, 0.3) is 0 Å². The van der Waals surface area contributed by atoms with Crippen LogP contribution in [0.1, 0.15) is 120 Å². The van der Waals surface area contributed by atoms with Crippen LogP contribution < -0.4 is 0 Å². The van der Waals surface area contributed by atoms with Crippen molar-refractivity contribution in [1.29, 1.82) is 0 Å². The lowest BCUT2D eigenvalue weighted by molar-refractivity contribution is -0.306. The van der Waals surface area contributed by atoms with Gasteiger partial charge in [-0.05, 0) is 110 Å². The molecule has 0 aromatic rings. The molecule has 1 aliphatic heterocycles. The summed E-state index contributed by atoms with van der Waals surface area (Å²) in [5.41, 5.74) is 2.22. The van der Waals surface area contributed by atoms with Crippen LogP contribution in [0.3, 0.4) is 0 Å². The third-order valence-corrected chi connectivity index (χ3v) is 14.9. The van der Waals surface area contributed by atoms with Gasteiger partial charge < -0.3 is 29.5 Å². The Bertz CT molecular complexity index is 1150. The highest BCUT2D eigenvalue weighted by Gasteiger charge is 2.64. The molecular formula is C37H60O7. The smallest absolute Gasteiger partial charge is 0.302 e. The number of rotatable bonds is 3. The Labute approximate surface area is 265 Å². The van der Waals surface area contributed by atoms with Crippen LogP contribution in [-0.2, 0) is 19.0 Å². The number of hydrogen-bond acceptors (Lipinski definition) is 7. The first kappa shape index (κ1) is 32.9. The van der Waals surface area contributed by atoms with Gasteiger partial charge in [0.05, 0.1) is 12.7 Å². The minimum atomic E-state index is -1.26. The second kappa shape index (κ2) is 11.0. The molecule has 1 saturated heterocycles. The number of hydrogen-bond donors (Lipinski definition) is 3. The molecule has 13 atom stereocenters. The fourth-order valence-corrected chi connectivity index (χ4v) is 12.6. The fraction of sp³-hybridized carbons (Fsp3) is 0.919. The molecule has 0 aromatic heterocycles. The fourth-order valence-electron chi connectivity index (χ4n) is 12.6. The third kappa shape index (κ3) is 4.96. The molecule has 6 rings (SSSR count). The van der Waals surface area contributed by atoms with Crippen molar-refractivity contribution < 1.29 is 34.3 Å². The van der Waals surface area contributed by atoms with Crippen molar-refractivity contribution in [3.8, 4) is 0 Å². The Morgan fingerprint density at radius 3 is 2.16 bits per heavy atom. The molecule has 4 saturated carbocycles. The van der Waals surface area contributed by atoms with E-state index in [1.54, 1.807) is 12.5 Å². The van der Waals surface area contributed by atoms with E-state index in [1.807, 2.05) is 0 Å². The topological polar surface area (TPSA) is 105 Å². The van der Waals surface area contributed by atoms with Gasteiger partial charge in [0.1, 0.15) is 24.4 Å². The zero-order valence-corrected chi connectivity index (χ0v) is 28.6. The summed E-state index contributed by atoms with van der Waals surface area (Å²) in [4.78, 5) is 12.0. The summed E-state index contributed by atoms with van der Waals surface area (Å²) in [6.07, 6.45) is 9.20. The quantitative estimate of drug-likeness (QED) is 0.198. The number of aliphatic hydroxyl groups is 3. The minimum absolute atomic E-state index is 0.00772. The van der Waals surface area contributed by atoms with Gasteiger partial charge in [-0.15, -0.1) is 0 Å². The number of fused-ring (bicyclic) bond motifs is 6. The lowest BCUT2D eigenvalue weighted by Crippen LogP contribution is -2.61. The zero-order valence-electron chi connectivity index (χ0n) is 28.6. The molecule has 0 radical (unpaired) electrons. The SMILES string of the molecule is CC(=O)O[C@H]1CC[C@]2(C)[C@H]3CC[C@H]4[C@@](C)(CC[C@H]5C(C)(C)[C@@H](O[C@H]6OC[C@@H](O)[C@@H](O)[C@@H]6O)CC[C@@]54C)CC3=CC[C@H]2C1(C)C. The van der Waals surface area contributed by atoms with Crippen molar-refractivity contribution in [2.45, 2.75) is 156 Å². The van der Waals surface area contributed by atoms with Gasteiger partial charge >= 0.3 is 5.97 Å². The maximum Gasteiger partial charge on any atom is 0.302 e. The Kier molecular flexibility index (Phi) is 8.26. The first-order valence-electron chi connectivity index (χ1n) is 17.6. The van der Waals surface area contributed by atoms with Gasteiger partial charge in [0.2, 0.25) is 0 Å². The van der Waals surface area contributed by atoms with Gasteiger partial charge in [-0.1, -0.05) is 60.1 Å². The summed E-state index contributed by atoms with van der Waals surface area (Å²) in [5, 5.41) is 30.8. The van der Waals surface area contributed by atoms with E-state index >= 15 is 0 Å². The molecule has 1 heterocycles. The van der Waals surface area contributed by atoms with E-state index < -0.39 is 24.6 Å². The molecule has 250 valence electrons. The van der Waals surface area contributed by atoms with Crippen LogP contribution in [0.4, 0.5) is 0 Å². The minimum Gasteiger partial charge on any atom is -0.462 e. The summed E-state index contributed by atoms with van der Waals surface area (Å²) >= 11 is 0. The highest BCUT2D eigenvalue weighted by atomic mass is 16.7. The normalized spacial score (nSPS) is 51.4. The first-order valence-corrected chi connectivity index (χ1v) is 17.6. The highest BCUT2D eigenvalue weighted by Crippen LogP contribution is 2.70. The number of esters is 1. The number of carbonyl (C=O) groups excluding carboxylic acids is 1. The molecular weight excluding hydrogens is 556 g/mol. The summed E-state index contributed by atoms with van der Waals surface area (Å²) in [6, 6.07) is 0. The zero-order chi connectivity index (χ0) is 32.0. The van der Waals surface area contributed by atoms with Crippen LogP contribution in [-0.4, -0.2) is 64.7 Å². The van der Waals surface area contributed by atoms with Crippen LogP contribution >= 0.6 is 0 Å². The van der Waals surface area contributed by atoms with Gasteiger partial charge in [0.15, 0.2) is 6.29 Å². The van der Waals surface area contributed by atoms with E-state index in [1.165, 1.54) is 32.1 Å². The van der Waals surface area contributed by atoms with Crippen molar-refractivity contribution in [3.05, 3.63) is 11.6 Å². The van der Waals surface area contributed by atoms with Crippen LogP contribution in [0, 0.1) is 50.7 Å². The van der Waals surface area contributed by atoms with Crippen molar-refractivity contribution in [2.24, 2.45) is 50.7 Å². The van der Waals surface area contributed by atoms with Crippen molar-refractivity contribution in [1.82, 2.24) is 0 Å². The van der Waals surface area contributed by atoms with Crippen LogP contribution in [0.15, 0.2) is 11.6 Å². The van der Waals surface area contributed by atoms with Crippen LogP contribution in [0.5, 0.6) is 0 Å². The second-order valence-electron chi connectivity index (χ2n) is 17.9. The summed E-state index contributed by atoms with van der Waals surface area (Å²) in [6.45, 7) is 18.6. The monoisotopic (exact) mass is 616 g/mol. The number of ether oxygens (including phenoxy) is 3. The van der Waals surface area contributed by atoms with E-state index in [0.29, 0.717) is 23.7 Å². The number of aliphatic hydroxyl groups excluding tert-OH is 3. The van der Waals surface area contributed by atoms with E-state index in [-0.39, 0.29) is 51.9 Å². The molecule has 7 nitrogen and oxygen atoms in total. The Hall–Kier alpha value is -0.990. The molecule has 0 unspecified atom stereocenters. The predicted molar refractivity (Wildman–Crippen MR) is 168 cm³/mol. The number of carbonyl (C=O) groups is 1. The van der Waals surface area contributed by atoms with Crippen molar-refractivity contribution >= 4 is 5.97 Å². The lowest BCUT2D eigenvalue weighted by Gasteiger charge is -2.64. The average molecular weight is 617 g/mol. The Balaban J connectivity index is 1.23. The molecule has 6 aliphatic rings. The lowest BCUT2D eigenvalue weighted by atomic mass is 9.42. The van der Waals surface area contributed by atoms with Crippen molar-refractivity contribution in [3.63, 3.8) is 0 Å². The molecule has 5 fully saturated rings. The molecule has 3 N–H and O–H groups in total. The second-order valence-corrected chi connectivity index (χ2v) is 17.9. The first-order chi connectivity index (χ1) is 20.4. The Morgan fingerprint density at radius 1 is 0.795 bits per heavy atom. The molecule has 7 heteroatoms. The molecule has 44 heavy (non-hydrogen) atoms. The van der Waals surface area contributed by atoms with Crippen LogP contribution in [0.25, 0.3) is 0 Å². The van der Waals surface area contributed by atoms with E-state index in [4.69, 9.17) is 14.2 Å². The summed E-state index contributed by atoms with van der Waals surface area (Å²) in [7, 11) is 0. The maximum atomic E-state index is 12.0. The molecule has 0 amide bonds. The van der Waals surface area contributed by atoms with Crippen molar-refractivity contribution in [2.75, 3.05) is 6.61 Å². The molecule has 0 spiro atoms. The highest BCUT2D eigenvalue weighted by molar-refractivity contribution is 5.66. The van der Waals surface area contributed by atoms with E-state index in [2.05, 4.69) is 54.5 Å². The third-order valence-electron chi connectivity index (χ3n) is 14.9.